The van der Waals surface area contributed by atoms with E-state index in [9.17, 15) is 14.4 Å². The highest BCUT2D eigenvalue weighted by molar-refractivity contribution is 5.93. The van der Waals surface area contributed by atoms with Crippen LogP contribution in [-0.2, 0) is 14.4 Å². The third kappa shape index (κ3) is 7.95. The highest BCUT2D eigenvalue weighted by atomic mass is 16.2. The third-order valence-corrected chi connectivity index (χ3v) is 5.98. The van der Waals surface area contributed by atoms with Crippen molar-refractivity contribution < 1.29 is 14.4 Å². The molecule has 7 heteroatoms. The summed E-state index contributed by atoms with van der Waals surface area (Å²) < 4.78 is 0. The topological polar surface area (TPSA) is 81.8 Å². The first-order chi connectivity index (χ1) is 14.4. The molecule has 1 rings (SSSR count). The number of carbonyl (C=O) groups excluding carboxylic acids is 3. The molecule has 3 amide bonds. The number of hydrogen-bond acceptors (Lipinski definition) is 4. The van der Waals surface area contributed by atoms with Gasteiger partial charge >= 0.3 is 0 Å². The largest absolute Gasteiger partial charge is 0.350 e. The molecule has 0 spiro atoms. The highest BCUT2D eigenvalue weighted by Gasteiger charge is 2.34. The number of nitrogens with zero attached hydrogens (tertiary/aromatic N) is 2. The van der Waals surface area contributed by atoms with Gasteiger partial charge < -0.3 is 15.5 Å². The van der Waals surface area contributed by atoms with Crippen molar-refractivity contribution in [3.63, 3.8) is 0 Å². The van der Waals surface area contributed by atoms with E-state index in [1.54, 1.807) is 18.9 Å². The van der Waals surface area contributed by atoms with E-state index in [-0.39, 0.29) is 47.7 Å². The fourth-order valence-corrected chi connectivity index (χ4v) is 4.00. The first-order valence-electron chi connectivity index (χ1n) is 11.6. The van der Waals surface area contributed by atoms with Crippen LogP contribution in [0, 0.1) is 11.8 Å². The molecule has 1 fully saturated rings. The molecular formula is C24H44N4O3. The van der Waals surface area contributed by atoms with Crippen molar-refractivity contribution >= 4 is 17.7 Å². The first-order valence-corrected chi connectivity index (χ1v) is 11.6. The molecule has 178 valence electrons. The highest BCUT2D eigenvalue weighted by Crippen LogP contribution is 2.19. The Morgan fingerprint density at radius 2 is 1.61 bits per heavy atom. The Morgan fingerprint density at radius 3 is 2.10 bits per heavy atom. The van der Waals surface area contributed by atoms with E-state index in [0.717, 1.165) is 25.8 Å². The van der Waals surface area contributed by atoms with Gasteiger partial charge in [-0.1, -0.05) is 40.2 Å². The van der Waals surface area contributed by atoms with Crippen LogP contribution in [-0.4, -0.2) is 72.3 Å². The molecule has 1 heterocycles. The SMILES string of the molecule is CC(=C[C@H](C(C)C)N(C)C(=O)[C@@H](NC(=O)[C@H]1CCCCN1C)C(C)C)C(=O)NC(C)C. The summed E-state index contributed by atoms with van der Waals surface area (Å²) in [5, 5.41) is 5.91. The van der Waals surface area contributed by atoms with Crippen molar-refractivity contribution in [2.24, 2.45) is 11.8 Å². The maximum atomic E-state index is 13.4. The fraction of sp³-hybridized carbons (Fsp3) is 0.792. The normalized spacial score (nSPS) is 20.0. The van der Waals surface area contributed by atoms with Gasteiger partial charge in [-0.25, -0.2) is 0 Å². The van der Waals surface area contributed by atoms with Crippen molar-refractivity contribution in [3.05, 3.63) is 11.6 Å². The van der Waals surface area contributed by atoms with Gasteiger partial charge in [0.05, 0.1) is 12.1 Å². The Kier molecular flexibility index (Phi) is 10.7. The molecule has 0 aromatic carbocycles. The average Bonchev–Trinajstić information content (AvgIpc) is 2.68. The number of likely N-dealkylation sites (N-methyl/N-ethyl adjacent to an activating group) is 2. The number of likely N-dealkylation sites (tertiary alicyclic amines) is 1. The number of hydrogen-bond donors (Lipinski definition) is 2. The number of piperidine rings is 1. The van der Waals surface area contributed by atoms with Crippen molar-refractivity contribution in [2.75, 3.05) is 20.6 Å². The lowest BCUT2D eigenvalue weighted by Crippen LogP contribution is -2.57. The van der Waals surface area contributed by atoms with Crippen LogP contribution in [0.1, 0.15) is 67.7 Å². The minimum absolute atomic E-state index is 0.0464. The molecule has 0 aliphatic carbocycles. The summed E-state index contributed by atoms with van der Waals surface area (Å²) in [6.07, 6.45) is 4.80. The number of amides is 3. The van der Waals surface area contributed by atoms with Gasteiger partial charge in [-0.15, -0.1) is 0 Å². The molecule has 1 aliphatic rings. The fourth-order valence-electron chi connectivity index (χ4n) is 4.00. The van der Waals surface area contributed by atoms with Crippen LogP contribution in [0.3, 0.4) is 0 Å². The monoisotopic (exact) mass is 436 g/mol. The van der Waals surface area contributed by atoms with E-state index in [0.29, 0.717) is 5.57 Å². The van der Waals surface area contributed by atoms with Gasteiger partial charge in [0.2, 0.25) is 17.7 Å². The second-order valence-corrected chi connectivity index (χ2v) is 9.88. The Balaban J connectivity index is 3.01. The lowest BCUT2D eigenvalue weighted by molar-refractivity contribution is -0.139. The number of nitrogens with one attached hydrogen (secondary N) is 2. The van der Waals surface area contributed by atoms with Crippen LogP contribution >= 0.6 is 0 Å². The van der Waals surface area contributed by atoms with E-state index in [2.05, 4.69) is 15.5 Å². The van der Waals surface area contributed by atoms with Crippen LogP contribution in [0.5, 0.6) is 0 Å². The Morgan fingerprint density at radius 1 is 1.00 bits per heavy atom. The summed E-state index contributed by atoms with van der Waals surface area (Å²) in [5.41, 5.74) is 0.584. The summed E-state index contributed by atoms with van der Waals surface area (Å²) in [5.74, 6) is -0.269. The summed E-state index contributed by atoms with van der Waals surface area (Å²) in [4.78, 5) is 42.5. The van der Waals surface area contributed by atoms with Gasteiger partial charge in [-0.2, -0.15) is 0 Å². The molecule has 0 saturated carbocycles. The van der Waals surface area contributed by atoms with Gasteiger partial charge in [0, 0.05) is 18.7 Å². The van der Waals surface area contributed by atoms with Gasteiger partial charge in [-0.05, 0) is 59.0 Å². The molecule has 1 aliphatic heterocycles. The maximum Gasteiger partial charge on any atom is 0.246 e. The van der Waals surface area contributed by atoms with Crippen LogP contribution in [0.25, 0.3) is 0 Å². The molecule has 7 nitrogen and oxygen atoms in total. The van der Waals surface area contributed by atoms with Crippen LogP contribution in [0.2, 0.25) is 0 Å². The van der Waals surface area contributed by atoms with Crippen molar-refractivity contribution in [1.29, 1.82) is 0 Å². The van der Waals surface area contributed by atoms with E-state index in [1.807, 2.05) is 54.7 Å². The molecule has 0 aromatic rings. The maximum absolute atomic E-state index is 13.4. The number of rotatable bonds is 9. The predicted octanol–water partition coefficient (Wildman–Crippen LogP) is 2.57. The zero-order chi connectivity index (χ0) is 23.9. The molecule has 0 bridgehead atoms. The van der Waals surface area contributed by atoms with Gasteiger partial charge in [-0.3, -0.25) is 19.3 Å². The Labute approximate surface area is 189 Å². The zero-order valence-corrected chi connectivity index (χ0v) is 21.0. The molecule has 1 saturated heterocycles. The summed E-state index contributed by atoms with van der Waals surface area (Å²) in [6.45, 7) is 14.5. The zero-order valence-electron chi connectivity index (χ0n) is 21.0. The molecule has 31 heavy (non-hydrogen) atoms. The summed E-state index contributed by atoms with van der Waals surface area (Å²) in [6, 6.07) is -0.991. The van der Waals surface area contributed by atoms with E-state index in [1.165, 1.54) is 0 Å². The lowest BCUT2D eigenvalue weighted by Gasteiger charge is -2.36. The lowest BCUT2D eigenvalue weighted by atomic mass is 9.96. The summed E-state index contributed by atoms with van der Waals surface area (Å²) in [7, 11) is 3.72. The summed E-state index contributed by atoms with van der Waals surface area (Å²) >= 11 is 0. The van der Waals surface area contributed by atoms with Crippen LogP contribution in [0.15, 0.2) is 11.6 Å². The standard InChI is InChI=1S/C24H44N4O3/c1-15(2)20(14-18(7)22(29)25-17(5)6)28(9)24(31)21(16(3)4)26-23(30)19-12-10-11-13-27(19)8/h14-17,19-21H,10-13H2,1-9H3,(H,25,29)(H,26,30)/t19-,20-,21+/m1/s1. The second kappa shape index (κ2) is 12.2. The van der Waals surface area contributed by atoms with Gasteiger partial charge in [0.15, 0.2) is 0 Å². The van der Waals surface area contributed by atoms with Crippen LogP contribution in [0.4, 0.5) is 0 Å². The minimum atomic E-state index is -0.604. The molecule has 2 N–H and O–H groups in total. The predicted molar refractivity (Wildman–Crippen MR) is 125 cm³/mol. The second-order valence-electron chi connectivity index (χ2n) is 9.88. The van der Waals surface area contributed by atoms with Crippen molar-refractivity contribution in [3.8, 4) is 0 Å². The van der Waals surface area contributed by atoms with Crippen molar-refractivity contribution in [1.82, 2.24) is 20.4 Å². The molecule has 0 unspecified atom stereocenters. The molecule has 0 radical (unpaired) electrons. The van der Waals surface area contributed by atoms with Gasteiger partial charge in [0.25, 0.3) is 0 Å². The Bertz CT molecular complexity index is 657. The van der Waals surface area contributed by atoms with Crippen LogP contribution < -0.4 is 10.6 Å². The first kappa shape index (κ1) is 27.1. The van der Waals surface area contributed by atoms with E-state index in [4.69, 9.17) is 0 Å². The van der Waals surface area contributed by atoms with Gasteiger partial charge in [0.1, 0.15) is 6.04 Å². The van der Waals surface area contributed by atoms with E-state index < -0.39 is 6.04 Å². The average molecular weight is 437 g/mol. The Hall–Kier alpha value is -1.89. The quantitative estimate of drug-likeness (QED) is 0.544. The van der Waals surface area contributed by atoms with E-state index >= 15 is 0 Å². The smallest absolute Gasteiger partial charge is 0.246 e. The number of carbonyl (C=O) groups is 3. The minimum Gasteiger partial charge on any atom is -0.350 e. The third-order valence-electron chi connectivity index (χ3n) is 5.98. The van der Waals surface area contributed by atoms with Crippen molar-refractivity contribution in [2.45, 2.75) is 91.9 Å². The molecule has 3 atom stereocenters. The molecule has 0 aromatic heterocycles. The molecular weight excluding hydrogens is 392 g/mol.